The fraction of sp³-hybridized carbons (Fsp3) is 0.333. The van der Waals surface area contributed by atoms with Crippen LogP contribution in [0.25, 0.3) is 0 Å². The van der Waals surface area contributed by atoms with Crippen molar-refractivity contribution in [2.75, 3.05) is 12.8 Å². The van der Waals surface area contributed by atoms with Crippen LogP contribution in [0, 0.1) is 6.92 Å². The number of hydrogen-bond donors (Lipinski definition) is 1. The van der Waals surface area contributed by atoms with E-state index in [1.807, 2.05) is 55.5 Å². The summed E-state index contributed by atoms with van der Waals surface area (Å²) in [4.78, 5) is 27.7. The number of likely N-dealkylation sites (N-methyl/N-ethyl adjacent to an activating group) is 1. The molecule has 0 aliphatic carbocycles. The Labute approximate surface area is 160 Å². The summed E-state index contributed by atoms with van der Waals surface area (Å²) in [5.74, 6) is 0.529. The number of amides is 2. The number of thioether (sulfide) groups is 1. The SMILES string of the molecule is CNC(=O)[C@H](C)N(Cc1cccc(C)c1)C(=O)CCSc1ccccc1. The smallest absolute Gasteiger partial charge is 0.242 e. The van der Waals surface area contributed by atoms with Gasteiger partial charge in [0.1, 0.15) is 6.04 Å². The highest BCUT2D eigenvalue weighted by Crippen LogP contribution is 2.19. The van der Waals surface area contributed by atoms with E-state index in [1.165, 1.54) is 0 Å². The topological polar surface area (TPSA) is 49.4 Å². The van der Waals surface area contributed by atoms with Gasteiger partial charge in [0, 0.05) is 30.7 Å². The molecular formula is C21H26N2O2S. The summed E-state index contributed by atoms with van der Waals surface area (Å²) < 4.78 is 0. The lowest BCUT2D eigenvalue weighted by atomic mass is 10.1. The average Bonchev–Trinajstić information content (AvgIpc) is 2.65. The summed E-state index contributed by atoms with van der Waals surface area (Å²) in [7, 11) is 1.60. The van der Waals surface area contributed by atoms with Gasteiger partial charge < -0.3 is 10.2 Å². The molecule has 0 fully saturated rings. The van der Waals surface area contributed by atoms with Crippen molar-refractivity contribution in [3.05, 3.63) is 65.7 Å². The van der Waals surface area contributed by atoms with Gasteiger partial charge in [0.05, 0.1) is 0 Å². The number of nitrogens with zero attached hydrogens (tertiary/aromatic N) is 1. The van der Waals surface area contributed by atoms with Crippen LogP contribution in [0.2, 0.25) is 0 Å². The van der Waals surface area contributed by atoms with Crippen LogP contribution in [0.15, 0.2) is 59.5 Å². The van der Waals surface area contributed by atoms with E-state index in [-0.39, 0.29) is 11.8 Å². The number of nitrogens with one attached hydrogen (secondary N) is 1. The van der Waals surface area contributed by atoms with Crippen LogP contribution in [-0.2, 0) is 16.1 Å². The number of rotatable bonds is 8. The van der Waals surface area contributed by atoms with Gasteiger partial charge in [0.15, 0.2) is 0 Å². The average molecular weight is 371 g/mol. The van der Waals surface area contributed by atoms with E-state index < -0.39 is 6.04 Å². The molecular weight excluding hydrogens is 344 g/mol. The molecule has 0 bridgehead atoms. The van der Waals surface area contributed by atoms with E-state index in [0.29, 0.717) is 18.7 Å². The third-order valence-electron chi connectivity index (χ3n) is 4.18. The van der Waals surface area contributed by atoms with Crippen LogP contribution in [0.3, 0.4) is 0 Å². The summed E-state index contributed by atoms with van der Waals surface area (Å²) in [5, 5.41) is 2.64. The van der Waals surface area contributed by atoms with Gasteiger partial charge in [-0.05, 0) is 31.5 Å². The van der Waals surface area contributed by atoms with Gasteiger partial charge in [-0.2, -0.15) is 0 Å². The van der Waals surface area contributed by atoms with Gasteiger partial charge in [0.25, 0.3) is 0 Å². The molecule has 2 aromatic carbocycles. The van der Waals surface area contributed by atoms with Crippen LogP contribution >= 0.6 is 11.8 Å². The lowest BCUT2D eigenvalue weighted by molar-refractivity contribution is -0.140. The third kappa shape index (κ3) is 5.92. The van der Waals surface area contributed by atoms with Crippen molar-refractivity contribution >= 4 is 23.6 Å². The van der Waals surface area contributed by atoms with E-state index in [4.69, 9.17) is 0 Å². The Morgan fingerprint density at radius 1 is 1.12 bits per heavy atom. The zero-order valence-corrected chi connectivity index (χ0v) is 16.4. The fourth-order valence-electron chi connectivity index (χ4n) is 2.72. The zero-order valence-electron chi connectivity index (χ0n) is 15.6. The minimum absolute atomic E-state index is 0.00830. The van der Waals surface area contributed by atoms with Crippen molar-refractivity contribution in [2.24, 2.45) is 0 Å². The molecule has 138 valence electrons. The molecule has 0 radical (unpaired) electrons. The molecule has 0 aliphatic heterocycles. The molecule has 0 unspecified atom stereocenters. The normalized spacial score (nSPS) is 11.7. The maximum atomic E-state index is 12.8. The predicted octanol–water partition coefficient (Wildman–Crippen LogP) is 3.64. The quantitative estimate of drug-likeness (QED) is 0.722. The monoisotopic (exact) mass is 370 g/mol. The molecule has 2 rings (SSSR count). The first-order valence-electron chi connectivity index (χ1n) is 8.75. The van der Waals surface area contributed by atoms with Crippen molar-refractivity contribution in [1.82, 2.24) is 10.2 Å². The molecule has 1 atom stereocenters. The molecule has 0 aromatic heterocycles. The summed E-state index contributed by atoms with van der Waals surface area (Å²) in [6, 6.07) is 17.6. The highest BCUT2D eigenvalue weighted by molar-refractivity contribution is 7.99. The maximum absolute atomic E-state index is 12.8. The molecule has 0 spiro atoms. The van der Waals surface area contributed by atoms with Gasteiger partial charge in [-0.1, -0.05) is 48.0 Å². The number of carbonyl (C=O) groups excluding carboxylic acids is 2. The van der Waals surface area contributed by atoms with Crippen molar-refractivity contribution < 1.29 is 9.59 Å². The highest BCUT2D eigenvalue weighted by atomic mass is 32.2. The van der Waals surface area contributed by atoms with Gasteiger partial charge in [-0.25, -0.2) is 0 Å². The summed E-state index contributed by atoms with van der Waals surface area (Å²) in [6.07, 6.45) is 0.396. The second-order valence-corrected chi connectivity index (χ2v) is 7.38. The van der Waals surface area contributed by atoms with Crippen LogP contribution in [0.4, 0.5) is 0 Å². The predicted molar refractivity (Wildman–Crippen MR) is 107 cm³/mol. The summed E-state index contributed by atoms with van der Waals surface area (Å²) >= 11 is 1.65. The van der Waals surface area contributed by atoms with Gasteiger partial charge in [0.2, 0.25) is 11.8 Å². The first kappa shape index (κ1) is 20.0. The molecule has 0 heterocycles. The van der Waals surface area contributed by atoms with Crippen molar-refractivity contribution in [3.8, 4) is 0 Å². The first-order chi connectivity index (χ1) is 12.5. The largest absolute Gasteiger partial charge is 0.357 e. The molecule has 0 saturated heterocycles. The standard InChI is InChI=1S/C21H26N2O2S/c1-16-8-7-9-18(14-16)15-23(17(2)21(25)22-3)20(24)12-13-26-19-10-5-4-6-11-19/h4-11,14,17H,12-13,15H2,1-3H3,(H,22,25)/t17-/m0/s1. The Kier molecular flexibility index (Phi) is 7.73. The lowest BCUT2D eigenvalue weighted by Crippen LogP contribution is -2.46. The molecule has 1 N–H and O–H groups in total. The lowest BCUT2D eigenvalue weighted by Gasteiger charge is -2.28. The zero-order chi connectivity index (χ0) is 18.9. The molecule has 0 aliphatic rings. The van der Waals surface area contributed by atoms with Gasteiger partial charge in [-0.15, -0.1) is 11.8 Å². The van der Waals surface area contributed by atoms with E-state index in [2.05, 4.69) is 11.4 Å². The number of benzene rings is 2. The van der Waals surface area contributed by atoms with E-state index in [9.17, 15) is 9.59 Å². The fourth-order valence-corrected chi connectivity index (χ4v) is 3.58. The minimum Gasteiger partial charge on any atom is -0.357 e. The van der Waals surface area contributed by atoms with Crippen LogP contribution in [0.5, 0.6) is 0 Å². The Hall–Kier alpha value is -2.27. The van der Waals surface area contributed by atoms with Gasteiger partial charge in [-0.3, -0.25) is 9.59 Å². The molecule has 2 aromatic rings. The van der Waals surface area contributed by atoms with Crippen LogP contribution < -0.4 is 5.32 Å². The molecule has 0 saturated carbocycles. The maximum Gasteiger partial charge on any atom is 0.242 e. The Morgan fingerprint density at radius 2 is 1.85 bits per heavy atom. The second kappa shape index (κ2) is 10.0. The van der Waals surface area contributed by atoms with Crippen LogP contribution in [-0.4, -0.2) is 35.6 Å². The summed E-state index contributed by atoms with van der Waals surface area (Å²) in [6.45, 7) is 4.23. The number of aryl methyl sites for hydroxylation is 1. The molecule has 26 heavy (non-hydrogen) atoms. The minimum atomic E-state index is -0.505. The molecule has 2 amide bonds. The van der Waals surface area contributed by atoms with Crippen molar-refractivity contribution in [1.29, 1.82) is 0 Å². The Bertz CT molecular complexity index is 734. The summed E-state index contributed by atoms with van der Waals surface area (Å²) in [5.41, 5.74) is 2.17. The first-order valence-corrected chi connectivity index (χ1v) is 9.74. The van der Waals surface area contributed by atoms with Gasteiger partial charge >= 0.3 is 0 Å². The number of carbonyl (C=O) groups is 2. The second-order valence-electron chi connectivity index (χ2n) is 6.21. The van der Waals surface area contributed by atoms with Crippen LogP contribution in [0.1, 0.15) is 24.5 Å². The van der Waals surface area contributed by atoms with E-state index in [0.717, 1.165) is 16.0 Å². The van der Waals surface area contributed by atoms with E-state index >= 15 is 0 Å². The number of hydrogen-bond acceptors (Lipinski definition) is 3. The Balaban J connectivity index is 2.04. The highest BCUT2D eigenvalue weighted by Gasteiger charge is 2.25. The molecule has 5 heteroatoms. The Morgan fingerprint density at radius 3 is 2.50 bits per heavy atom. The van der Waals surface area contributed by atoms with E-state index in [1.54, 1.807) is 30.6 Å². The third-order valence-corrected chi connectivity index (χ3v) is 5.19. The van der Waals surface area contributed by atoms with Crippen molar-refractivity contribution in [3.63, 3.8) is 0 Å². The van der Waals surface area contributed by atoms with Crippen molar-refractivity contribution in [2.45, 2.75) is 37.8 Å². The molecule has 4 nitrogen and oxygen atoms in total.